The van der Waals surface area contributed by atoms with E-state index in [4.69, 9.17) is 5.73 Å². The van der Waals surface area contributed by atoms with E-state index in [1.165, 1.54) is 17.7 Å². The van der Waals surface area contributed by atoms with Crippen LogP contribution in [0.5, 0.6) is 0 Å². The lowest BCUT2D eigenvalue weighted by atomic mass is 10.0. The van der Waals surface area contributed by atoms with Gasteiger partial charge in [0.25, 0.3) is 0 Å². The molecule has 2 fully saturated rings. The Hall–Kier alpha value is -0.330. The first kappa shape index (κ1) is 14.1. The Balaban J connectivity index is 1.70. The zero-order valence-electron chi connectivity index (χ0n) is 10.6. The summed E-state index contributed by atoms with van der Waals surface area (Å²) >= 11 is 0. The van der Waals surface area contributed by atoms with Crippen LogP contribution >= 0.6 is 0 Å². The molecule has 2 rings (SSSR count). The molecule has 18 heavy (non-hydrogen) atoms. The lowest BCUT2D eigenvalue weighted by Crippen LogP contribution is -2.50. The van der Waals surface area contributed by atoms with E-state index in [2.05, 4.69) is 4.90 Å². The summed E-state index contributed by atoms with van der Waals surface area (Å²) in [4.78, 5) is 3.76. The molecule has 6 heteroatoms. The van der Waals surface area contributed by atoms with Gasteiger partial charge in [0.2, 0.25) is 0 Å². The highest BCUT2D eigenvalue weighted by Crippen LogP contribution is 2.25. The molecule has 2 atom stereocenters. The third-order valence-electron chi connectivity index (χ3n) is 4.08. The standard InChI is InChI=1S/C12H22F3N3/c13-12(14,15)9-18-6-4-17(5-7-18)8-10-2-1-3-11(10)16/h10-11H,1-9,16H2. The monoisotopic (exact) mass is 265 g/mol. The van der Waals surface area contributed by atoms with Crippen LogP contribution in [0.15, 0.2) is 0 Å². The Labute approximate surface area is 106 Å². The maximum Gasteiger partial charge on any atom is 0.401 e. The van der Waals surface area contributed by atoms with Crippen LogP contribution in [-0.4, -0.2) is 61.3 Å². The third kappa shape index (κ3) is 4.10. The number of piperazine rings is 1. The van der Waals surface area contributed by atoms with Crippen molar-refractivity contribution in [2.24, 2.45) is 11.7 Å². The second-order valence-electron chi connectivity index (χ2n) is 5.55. The Morgan fingerprint density at radius 1 is 1.00 bits per heavy atom. The van der Waals surface area contributed by atoms with Gasteiger partial charge in [-0.3, -0.25) is 4.90 Å². The average Bonchev–Trinajstić information content (AvgIpc) is 2.65. The smallest absolute Gasteiger partial charge is 0.327 e. The van der Waals surface area contributed by atoms with Crippen molar-refractivity contribution in [3.63, 3.8) is 0 Å². The van der Waals surface area contributed by atoms with Crippen LogP contribution in [0.3, 0.4) is 0 Å². The zero-order chi connectivity index (χ0) is 13.2. The van der Waals surface area contributed by atoms with E-state index in [0.717, 1.165) is 26.1 Å². The molecule has 0 aromatic rings. The Morgan fingerprint density at radius 3 is 2.11 bits per heavy atom. The van der Waals surface area contributed by atoms with Gasteiger partial charge in [0.15, 0.2) is 0 Å². The number of hydrogen-bond acceptors (Lipinski definition) is 3. The first-order chi connectivity index (χ1) is 8.44. The molecule has 1 saturated heterocycles. The first-order valence-corrected chi connectivity index (χ1v) is 6.71. The molecule has 0 bridgehead atoms. The highest BCUT2D eigenvalue weighted by molar-refractivity contribution is 4.84. The van der Waals surface area contributed by atoms with E-state index < -0.39 is 12.7 Å². The van der Waals surface area contributed by atoms with Crippen LogP contribution in [0.1, 0.15) is 19.3 Å². The quantitative estimate of drug-likeness (QED) is 0.834. The molecule has 3 nitrogen and oxygen atoms in total. The van der Waals surface area contributed by atoms with Gasteiger partial charge in [-0.2, -0.15) is 13.2 Å². The van der Waals surface area contributed by atoms with Gasteiger partial charge in [0, 0.05) is 38.8 Å². The van der Waals surface area contributed by atoms with Crippen molar-refractivity contribution in [1.82, 2.24) is 9.80 Å². The largest absolute Gasteiger partial charge is 0.401 e. The second kappa shape index (κ2) is 5.75. The third-order valence-corrected chi connectivity index (χ3v) is 4.08. The average molecular weight is 265 g/mol. The predicted octanol–water partition coefficient (Wildman–Crippen LogP) is 1.29. The second-order valence-corrected chi connectivity index (χ2v) is 5.55. The highest BCUT2D eigenvalue weighted by Gasteiger charge is 2.33. The molecule has 1 aliphatic carbocycles. The molecule has 0 amide bonds. The lowest BCUT2D eigenvalue weighted by molar-refractivity contribution is -0.149. The summed E-state index contributed by atoms with van der Waals surface area (Å²) in [7, 11) is 0. The fourth-order valence-electron chi connectivity index (χ4n) is 3.01. The van der Waals surface area contributed by atoms with Gasteiger partial charge in [-0.15, -0.1) is 0 Å². The maximum atomic E-state index is 12.2. The Bertz CT molecular complexity index is 262. The minimum Gasteiger partial charge on any atom is -0.327 e. The Kier molecular flexibility index (Phi) is 4.50. The van der Waals surface area contributed by atoms with Gasteiger partial charge in [-0.1, -0.05) is 6.42 Å². The summed E-state index contributed by atoms with van der Waals surface area (Å²) in [6, 6.07) is 0.290. The number of hydrogen-bond donors (Lipinski definition) is 1. The molecule has 0 spiro atoms. The van der Waals surface area contributed by atoms with Crippen molar-refractivity contribution in [3.8, 4) is 0 Å². The van der Waals surface area contributed by atoms with Crippen molar-refractivity contribution < 1.29 is 13.2 Å². The van der Waals surface area contributed by atoms with E-state index in [1.54, 1.807) is 0 Å². The van der Waals surface area contributed by atoms with Crippen molar-refractivity contribution in [2.45, 2.75) is 31.5 Å². The number of alkyl halides is 3. The predicted molar refractivity (Wildman–Crippen MR) is 64.3 cm³/mol. The van der Waals surface area contributed by atoms with Crippen LogP contribution in [0.2, 0.25) is 0 Å². The van der Waals surface area contributed by atoms with E-state index in [1.807, 2.05) is 0 Å². The number of rotatable bonds is 3. The number of nitrogens with zero attached hydrogens (tertiary/aromatic N) is 2. The van der Waals surface area contributed by atoms with Crippen LogP contribution in [0.25, 0.3) is 0 Å². The molecule has 0 radical (unpaired) electrons. The van der Waals surface area contributed by atoms with Crippen molar-refractivity contribution in [1.29, 1.82) is 0 Å². The van der Waals surface area contributed by atoms with Gasteiger partial charge in [0.1, 0.15) is 0 Å². The molecule has 2 aliphatic rings. The molecular weight excluding hydrogens is 243 g/mol. The summed E-state index contributed by atoms with van der Waals surface area (Å²) in [6.45, 7) is 2.69. The minimum atomic E-state index is -4.07. The molecule has 0 aromatic carbocycles. The van der Waals surface area contributed by atoms with Gasteiger partial charge in [-0.05, 0) is 18.8 Å². The normalized spacial score (nSPS) is 32.0. The fourth-order valence-corrected chi connectivity index (χ4v) is 3.01. The summed E-state index contributed by atoms with van der Waals surface area (Å²) in [5, 5.41) is 0. The molecule has 106 valence electrons. The molecule has 2 N–H and O–H groups in total. The van der Waals surface area contributed by atoms with Crippen molar-refractivity contribution in [3.05, 3.63) is 0 Å². The summed E-state index contributed by atoms with van der Waals surface area (Å²) in [6.07, 6.45) is -0.613. The summed E-state index contributed by atoms with van der Waals surface area (Å²) < 4.78 is 36.7. The SMILES string of the molecule is NC1CCCC1CN1CCN(CC(F)(F)F)CC1. The van der Waals surface area contributed by atoms with Gasteiger partial charge >= 0.3 is 6.18 Å². The molecule has 0 aromatic heterocycles. The maximum absolute atomic E-state index is 12.2. The van der Waals surface area contributed by atoms with Crippen LogP contribution < -0.4 is 5.73 Å². The molecule has 1 heterocycles. The van der Waals surface area contributed by atoms with Crippen molar-refractivity contribution in [2.75, 3.05) is 39.3 Å². The summed E-state index contributed by atoms with van der Waals surface area (Å²) in [5.74, 6) is 0.541. The van der Waals surface area contributed by atoms with Crippen LogP contribution in [0.4, 0.5) is 13.2 Å². The molecule has 2 unspecified atom stereocenters. The number of halogens is 3. The van der Waals surface area contributed by atoms with Crippen LogP contribution in [-0.2, 0) is 0 Å². The zero-order valence-corrected chi connectivity index (χ0v) is 10.6. The molecular formula is C12H22F3N3. The van der Waals surface area contributed by atoms with E-state index in [-0.39, 0.29) is 0 Å². The van der Waals surface area contributed by atoms with Gasteiger partial charge < -0.3 is 10.6 Å². The van der Waals surface area contributed by atoms with E-state index >= 15 is 0 Å². The number of nitrogens with two attached hydrogens (primary N) is 1. The Morgan fingerprint density at radius 2 is 1.61 bits per heavy atom. The lowest BCUT2D eigenvalue weighted by Gasteiger charge is -2.36. The first-order valence-electron chi connectivity index (χ1n) is 6.71. The van der Waals surface area contributed by atoms with Crippen LogP contribution in [0, 0.1) is 5.92 Å². The minimum absolute atomic E-state index is 0.290. The summed E-state index contributed by atoms with van der Waals surface area (Å²) in [5.41, 5.74) is 6.02. The topological polar surface area (TPSA) is 32.5 Å². The molecule has 1 aliphatic heterocycles. The van der Waals surface area contributed by atoms with Crippen molar-refractivity contribution >= 4 is 0 Å². The highest BCUT2D eigenvalue weighted by atomic mass is 19.4. The fraction of sp³-hybridized carbons (Fsp3) is 1.00. The van der Waals surface area contributed by atoms with E-state index in [9.17, 15) is 13.2 Å². The van der Waals surface area contributed by atoms with E-state index in [0.29, 0.717) is 25.0 Å². The molecule has 1 saturated carbocycles. The van der Waals surface area contributed by atoms with Gasteiger partial charge in [0.05, 0.1) is 6.54 Å². The van der Waals surface area contributed by atoms with Gasteiger partial charge in [-0.25, -0.2) is 0 Å².